The molecule has 0 saturated carbocycles. The van der Waals surface area contributed by atoms with Crippen LogP contribution in [0.1, 0.15) is 5.56 Å². The Labute approximate surface area is 168 Å². The number of rotatable bonds is 3. The van der Waals surface area contributed by atoms with E-state index in [1.807, 2.05) is 31.2 Å². The fourth-order valence-corrected chi connectivity index (χ4v) is 3.39. The molecule has 2 heterocycles. The van der Waals surface area contributed by atoms with Crippen molar-refractivity contribution in [3.05, 3.63) is 53.8 Å². The largest absolute Gasteiger partial charge is 0.478 e. The van der Waals surface area contributed by atoms with Crippen LogP contribution in [-0.4, -0.2) is 54.2 Å². The van der Waals surface area contributed by atoms with Crippen LogP contribution in [-0.2, 0) is 0 Å². The number of nitrogens with one attached hydrogen (secondary N) is 1. The Hall–Kier alpha value is -3.42. The number of hydrogen-bond acceptors (Lipinski definition) is 5. The molecule has 1 fully saturated rings. The van der Waals surface area contributed by atoms with Crippen molar-refractivity contribution in [2.75, 3.05) is 43.5 Å². The summed E-state index contributed by atoms with van der Waals surface area (Å²) in [7, 11) is 1.50. The van der Waals surface area contributed by atoms with Gasteiger partial charge in [-0.1, -0.05) is 12.1 Å². The second-order valence-corrected chi connectivity index (χ2v) is 6.96. The molecule has 0 radical (unpaired) electrons. The third kappa shape index (κ3) is 4.06. The number of nitrogens with zero attached hydrogens (tertiary/aromatic N) is 4. The van der Waals surface area contributed by atoms with E-state index in [1.54, 1.807) is 11.0 Å². The highest BCUT2D eigenvalue weighted by molar-refractivity contribution is 5.91. The van der Waals surface area contributed by atoms with E-state index in [-0.39, 0.29) is 17.7 Å². The van der Waals surface area contributed by atoms with Crippen molar-refractivity contribution in [1.29, 1.82) is 0 Å². The van der Waals surface area contributed by atoms with E-state index in [4.69, 9.17) is 4.74 Å². The number of aryl methyl sites for hydroxylation is 1. The summed E-state index contributed by atoms with van der Waals surface area (Å²) in [6.45, 7) is 4.25. The van der Waals surface area contributed by atoms with Gasteiger partial charge in [0.15, 0.2) is 5.82 Å². The van der Waals surface area contributed by atoms with Gasteiger partial charge in [0, 0.05) is 31.9 Å². The average Bonchev–Trinajstić information content (AvgIpc) is 2.73. The Morgan fingerprint density at radius 1 is 1.07 bits per heavy atom. The van der Waals surface area contributed by atoms with Crippen LogP contribution in [0.25, 0.3) is 11.0 Å². The first kappa shape index (κ1) is 18.9. The van der Waals surface area contributed by atoms with Gasteiger partial charge in [0.2, 0.25) is 0 Å². The number of anilines is 2. The normalized spacial score (nSPS) is 14.2. The summed E-state index contributed by atoms with van der Waals surface area (Å²) in [4.78, 5) is 25.5. The molecule has 3 aromatic rings. The van der Waals surface area contributed by atoms with Crippen LogP contribution in [0, 0.1) is 12.7 Å². The molecule has 0 aliphatic carbocycles. The summed E-state index contributed by atoms with van der Waals surface area (Å²) < 4.78 is 18.8. The maximum atomic E-state index is 13.5. The molecule has 0 spiro atoms. The van der Waals surface area contributed by atoms with Crippen molar-refractivity contribution in [1.82, 2.24) is 14.9 Å². The SMILES string of the molecule is COc1nc2ccc(C)cc2nc1NC(=O)N1CCN(c2cccc(F)c2)CC1. The van der Waals surface area contributed by atoms with Crippen molar-refractivity contribution in [3.8, 4) is 5.88 Å². The van der Waals surface area contributed by atoms with Crippen LogP contribution in [0.5, 0.6) is 5.88 Å². The monoisotopic (exact) mass is 395 g/mol. The molecule has 0 atom stereocenters. The van der Waals surface area contributed by atoms with Crippen molar-refractivity contribution in [3.63, 3.8) is 0 Å². The lowest BCUT2D eigenvalue weighted by Gasteiger charge is -2.36. The number of aromatic nitrogens is 2. The molecule has 29 heavy (non-hydrogen) atoms. The lowest BCUT2D eigenvalue weighted by molar-refractivity contribution is 0.208. The van der Waals surface area contributed by atoms with Gasteiger partial charge in [0.05, 0.1) is 18.1 Å². The number of halogens is 1. The van der Waals surface area contributed by atoms with Gasteiger partial charge in [-0.15, -0.1) is 0 Å². The number of ether oxygens (including phenoxy) is 1. The summed E-state index contributed by atoms with van der Waals surface area (Å²) in [5.74, 6) is 0.302. The maximum Gasteiger partial charge on any atom is 0.323 e. The number of urea groups is 1. The molecule has 1 aliphatic heterocycles. The van der Waals surface area contributed by atoms with E-state index in [0.29, 0.717) is 43.0 Å². The fraction of sp³-hybridized carbons (Fsp3) is 0.286. The summed E-state index contributed by atoms with van der Waals surface area (Å²) in [5, 5.41) is 2.82. The zero-order chi connectivity index (χ0) is 20.4. The Morgan fingerprint density at radius 3 is 2.59 bits per heavy atom. The van der Waals surface area contributed by atoms with Crippen LogP contribution in [0.2, 0.25) is 0 Å². The Kier molecular flexibility index (Phi) is 5.16. The Morgan fingerprint density at radius 2 is 1.86 bits per heavy atom. The van der Waals surface area contributed by atoms with E-state index in [1.165, 1.54) is 19.2 Å². The maximum absolute atomic E-state index is 13.5. The van der Waals surface area contributed by atoms with Gasteiger partial charge in [-0.05, 0) is 42.8 Å². The Balaban J connectivity index is 1.46. The third-order valence-electron chi connectivity index (χ3n) is 4.95. The van der Waals surface area contributed by atoms with Gasteiger partial charge >= 0.3 is 6.03 Å². The highest BCUT2D eigenvalue weighted by Gasteiger charge is 2.23. The molecule has 1 N–H and O–H groups in total. The van der Waals surface area contributed by atoms with E-state index in [9.17, 15) is 9.18 Å². The predicted octanol–water partition coefficient (Wildman–Crippen LogP) is 3.44. The molecule has 1 aromatic heterocycles. The molecular formula is C21H22FN5O2. The van der Waals surface area contributed by atoms with Crippen molar-refractivity contribution in [2.45, 2.75) is 6.92 Å². The van der Waals surface area contributed by atoms with Crippen LogP contribution >= 0.6 is 0 Å². The molecule has 2 aromatic carbocycles. The highest BCUT2D eigenvalue weighted by Crippen LogP contribution is 2.24. The fourth-order valence-electron chi connectivity index (χ4n) is 3.39. The van der Waals surface area contributed by atoms with E-state index in [0.717, 1.165) is 11.3 Å². The summed E-state index contributed by atoms with van der Waals surface area (Å²) in [5.41, 5.74) is 3.27. The zero-order valence-corrected chi connectivity index (χ0v) is 16.4. The van der Waals surface area contributed by atoms with Gasteiger partial charge < -0.3 is 14.5 Å². The van der Waals surface area contributed by atoms with Crippen LogP contribution in [0.15, 0.2) is 42.5 Å². The van der Waals surface area contributed by atoms with Gasteiger partial charge in [0.25, 0.3) is 5.88 Å². The average molecular weight is 395 g/mol. The molecule has 2 amide bonds. The second-order valence-electron chi connectivity index (χ2n) is 6.96. The van der Waals surface area contributed by atoms with Gasteiger partial charge in [-0.25, -0.2) is 19.2 Å². The number of benzene rings is 2. The standard InChI is InChI=1S/C21H22FN5O2/c1-14-6-7-17-18(12-14)23-19(20(24-17)29-2)25-21(28)27-10-8-26(9-11-27)16-5-3-4-15(22)13-16/h3-7,12-13H,8-11H2,1-2H3,(H,23,25,28). The minimum Gasteiger partial charge on any atom is -0.478 e. The van der Waals surface area contributed by atoms with Crippen molar-refractivity contribution in [2.24, 2.45) is 0 Å². The topological polar surface area (TPSA) is 70.6 Å². The quantitative estimate of drug-likeness (QED) is 0.736. The van der Waals surface area contributed by atoms with Crippen molar-refractivity contribution >= 4 is 28.6 Å². The molecule has 4 rings (SSSR count). The number of amides is 2. The summed E-state index contributed by atoms with van der Waals surface area (Å²) >= 11 is 0. The van der Waals surface area contributed by atoms with Crippen LogP contribution < -0.4 is 15.0 Å². The number of carbonyl (C=O) groups excluding carboxylic acids is 1. The van der Waals surface area contributed by atoms with Gasteiger partial charge in [-0.2, -0.15) is 0 Å². The summed E-state index contributed by atoms with van der Waals surface area (Å²) in [6, 6.07) is 12.0. The van der Waals surface area contributed by atoms with E-state index in [2.05, 4.69) is 20.2 Å². The van der Waals surface area contributed by atoms with Crippen LogP contribution in [0.4, 0.5) is 20.7 Å². The lowest BCUT2D eigenvalue weighted by Crippen LogP contribution is -2.50. The first-order valence-corrected chi connectivity index (χ1v) is 9.42. The molecule has 150 valence electrons. The third-order valence-corrected chi connectivity index (χ3v) is 4.95. The van der Waals surface area contributed by atoms with Gasteiger partial charge in [0.1, 0.15) is 5.82 Å². The van der Waals surface area contributed by atoms with E-state index < -0.39 is 0 Å². The summed E-state index contributed by atoms with van der Waals surface area (Å²) in [6.07, 6.45) is 0. The van der Waals surface area contributed by atoms with Crippen molar-refractivity contribution < 1.29 is 13.9 Å². The Bertz CT molecular complexity index is 1050. The number of piperazine rings is 1. The first-order chi connectivity index (χ1) is 14.0. The molecule has 1 aliphatic rings. The number of methoxy groups -OCH3 is 1. The number of hydrogen-bond donors (Lipinski definition) is 1. The molecule has 1 saturated heterocycles. The lowest BCUT2D eigenvalue weighted by atomic mass is 10.2. The van der Waals surface area contributed by atoms with Crippen LogP contribution in [0.3, 0.4) is 0 Å². The smallest absolute Gasteiger partial charge is 0.323 e. The van der Waals surface area contributed by atoms with E-state index >= 15 is 0 Å². The second kappa shape index (κ2) is 7.90. The minimum absolute atomic E-state index is 0.261. The minimum atomic E-state index is -0.264. The molecule has 0 bridgehead atoms. The van der Waals surface area contributed by atoms with Gasteiger partial charge in [-0.3, -0.25) is 5.32 Å². The number of carbonyl (C=O) groups is 1. The highest BCUT2D eigenvalue weighted by atomic mass is 19.1. The molecule has 7 nitrogen and oxygen atoms in total. The molecule has 8 heteroatoms. The number of fused-ring (bicyclic) bond motifs is 1. The zero-order valence-electron chi connectivity index (χ0n) is 16.4. The molecular weight excluding hydrogens is 373 g/mol. The first-order valence-electron chi connectivity index (χ1n) is 9.42. The predicted molar refractivity (Wildman–Crippen MR) is 110 cm³/mol. The molecule has 0 unspecified atom stereocenters.